The molecule has 48 valence electrons. The van der Waals surface area contributed by atoms with Crippen LogP contribution in [0.5, 0.6) is 0 Å². The lowest BCUT2D eigenvalue weighted by molar-refractivity contribution is -0.134. The Kier molecular flexibility index (Phi) is 12.5. The largest absolute Gasteiger partial charge is 0.481 e. The van der Waals surface area contributed by atoms with Gasteiger partial charge in [0.05, 0.1) is 0 Å². The van der Waals surface area contributed by atoms with E-state index in [1.807, 2.05) is 0 Å². The highest BCUT2D eigenvalue weighted by molar-refractivity contribution is 6.32. The zero-order valence-corrected chi connectivity index (χ0v) is 6.21. The Bertz CT molecular complexity index is 67.7. The molecule has 0 amide bonds. The summed E-state index contributed by atoms with van der Waals surface area (Å²) in [6.45, 7) is 4.37. The quantitative estimate of drug-likeness (QED) is 0.466. The number of hydrogen-bond donors (Lipinski definition) is 2. The van der Waals surface area contributed by atoms with Gasteiger partial charge in [0.2, 0.25) is 0 Å². The highest BCUT2D eigenvalue weighted by atomic mass is 28.2. The SMILES string of the molecule is C=C[SiH2]O.CC(=O)O. The van der Waals surface area contributed by atoms with Crippen LogP contribution in [0.25, 0.3) is 0 Å². The topological polar surface area (TPSA) is 57.5 Å². The lowest BCUT2D eigenvalue weighted by Crippen LogP contribution is -1.78. The Labute approximate surface area is 50.6 Å². The van der Waals surface area contributed by atoms with Gasteiger partial charge in [0.1, 0.15) is 0 Å². The maximum Gasteiger partial charge on any atom is 0.300 e. The first-order valence-corrected chi connectivity index (χ1v) is 3.51. The summed E-state index contributed by atoms with van der Waals surface area (Å²) in [6.07, 6.45) is 0. The fourth-order valence-corrected chi connectivity index (χ4v) is 0. The average molecular weight is 134 g/mol. The van der Waals surface area contributed by atoms with E-state index in [0.717, 1.165) is 6.92 Å². The summed E-state index contributed by atoms with van der Waals surface area (Å²) < 4.78 is 0. The second kappa shape index (κ2) is 9.63. The summed E-state index contributed by atoms with van der Waals surface area (Å²) in [4.78, 5) is 16.9. The standard InChI is InChI=1S/C2H4O2.C2H6OSi/c1-2(3)4;1-2-4-3/h1H3,(H,3,4);2-3H,1,4H2. The van der Waals surface area contributed by atoms with Crippen LogP contribution in [-0.2, 0) is 4.79 Å². The molecule has 8 heavy (non-hydrogen) atoms. The van der Waals surface area contributed by atoms with E-state index in [4.69, 9.17) is 14.7 Å². The second-order valence-electron chi connectivity index (χ2n) is 0.990. The number of aliphatic carboxylic acids is 1. The van der Waals surface area contributed by atoms with Crippen LogP contribution in [0, 0.1) is 0 Å². The van der Waals surface area contributed by atoms with Crippen LogP contribution >= 0.6 is 0 Å². The Morgan fingerprint density at radius 3 is 2.00 bits per heavy atom. The predicted molar refractivity (Wildman–Crippen MR) is 34.3 cm³/mol. The summed E-state index contributed by atoms with van der Waals surface area (Å²) in [5.41, 5.74) is 1.57. The summed E-state index contributed by atoms with van der Waals surface area (Å²) >= 11 is 0. The average Bonchev–Trinajstić information content (AvgIpc) is 1.65. The lowest BCUT2D eigenvalue weighted by Gasteiger charge is -1.59. The third-order valence-electron chi connectivity index (χ3n) is 0.129. The van der Waals surface area contributed by atoms with Crippen LogP contribution in [0.15, 0.2) is 12.3 Å². The smallest absolute Gasteiger partial charge is 0.300 e. The first kappa shape index (κ1) is 10.4. The van der Waals surface area contributed by atoms with Crippen LogP contribution in [-0.4, -0.2) is 25.6 Å². The van der Waals surface area contributed by atoms with Gasteiger partial charge in [-0.2, -0.15) is 0 Å². The monoisotopic (exact) mass is 134 g/mol. The van der Waals surface area contributed by atoms with Gasteiger partial charge in [-0.25, -0.2) is 0 Å². The zero-order valence-electron chi connectivity index (χ0n) is 4.79. The van der Waals surface area contributed by atoms with E-state index in [1.54, 1.807) is 5.70 Å². The van der Waals surface area contributed by atoms with E-state index in [0.29, 0.717) is 0 Å². The van der Waals surface area contributed by atoms with Crippen molar-refractivity contribution in [2.45, 2.75) is 6.92 Å². The van der Waals surface area contributed by atoms with Gasteiger partial charge in [-0.05, 0) is 0 Å². The van der Waals surface area contributed by atoms with E-state index >= 15 is 0 Å². The van der Waals surface area contributed by atoms with Gasteiger partial charge in [0.25, 0.3) is 5.97 Å². The van der Waals surface area contributed by atoms with Crippen molar-refractivity contribution in [1.29, 1.82) is 0 Å². The van der Waals surface area contributed by atoms with Gasteiger partial charge < -0.3 is 9.90 Å². The third kappa shape index (κ3) is 693. The molecule has 0 saturated heterocycles. The van der Waals surface area contributed by atoms with Crippen molar-refractivity contribution in [3.8, 4) is 0 Å². The first-order chi connectivity index (χ1) is 3.65. The van der Waals surface area contributed by atoms with Crippen LogP contribution < -0.4 is 0 Å². The van der Waals surface area contributed by atoms with Crippen molar-refractivity contribution in [3.05, 3.63) is 12.3 Å². The summed E-state index contributed by atoms with van der Waals surface area (Å²) in [6, 6.07) is 0. The minimum atomic E-state index is -0.833. The highest BCUT2D eigenvalue weighted by Gasteiger charge is 1.65. The Hall–Kier alpha value is -0.613. The van der Waals surface area contributed by atoms with Crippen LogP contribution in [0.1, 0.15) is 6.92 Å². The van der Waals surface area contributed by atoms with Crippen molar-refractivity contribution in [2.24, 2.45) is 0 Å². The Morgan fingerprint density at radius 1 is 1.88 bits per heavy atom. The molecule has 2 N–H and O–H groups in total. The number of carboxylic acids is 1. The van der Waals surface area contributed by atoms with Gasteiger partial charge in [-0.3, -0.25) is 4.79 Å². The van der Waals surface area contributed by atoms with E-state index in [9.17, 15) is 0 Å². The van der Waals surface area contributed by atoms with Crippen molar-refractivity contribution in [3.63, 3.8) is 0 Å². The molecule has 0 atom stereocenters. The van der Waals surface area contributed by atoms with Crippen LogP contribution in [0.4, 0.5) is 0 Å². The molecule has 0 fully saturated rings. The van der Waals surface area contributed by atoms with Crippen molar-refractivity contribution >= 4 is 15.7 Å². The van der Waals surface area contributed by atoms with Crippen LogP contribution in [0.2, 0.25) is 0 Å². The fraction of sp³-hybridized carbons (Fsp3) is 0.250. The molecule has 0 saturated carbocycles. The molecule has 0 aliphatic heterocycles. The highest BCUT2D eigenvalue weighted by Crippen LogP contribution is 1.42. The van der Waals surface area contributed by atoms with Crippen LogP contribution in [0.3, 0.4) is 0 Å². The molecule has 4 heteroatoms. The number of hydrogen-bond acceptors (Lipinski definition) is 2. The predicted octanol–water partition coefficient (Wildman–Crippen LogP) is -0.703. The minimum absolute atomic E-state index is 0.812. The fourth-order valence-electron chi connectivity index (χ4n) is 0. The van der Waals surface area contributed by atoms with E-state index < -0.39 is 15.7 Å². The molecule has 0 rings (SSSR count). The van der Waals surface area contributed by atoms with Gasteiger partial charge >= 0.3 is 0 Å². The Morgan fingerprint density at radius 2 is 2.00 bits per heavy atom. The number of carboxylic acid groups (broad SMARTS) is 1. The molecule has 0 aliphatic carbocycles. The van der Waals surface area contributed by atoms with Gasteiger partial charge in [0, 0.05) is 6.92 Å². The minimum Gasteiger partial charge on any atom is -0.481 e. The maximum atomic E-state index is 9.00. The van der Waals surface area contributed by atoms with Gasteiger partial charge in [0.15, 0.2) is 9.76 Å². The van der Waals surface area contributed by atoms with Gasteiger partial charge in [-0.1, -0.05) is 5.70 Å². The molecule has 3 nitrogen and oxygen atoms in total. The van der Waals surface area contributed by atoms with Gasteiger partial charge in [-0.15, -0.1) is 6.58 Å². The Balaban J connectivity index is 0. The first-order valence-electron chi connectivity index (χ1n) is 2.06. The molecule has 0 heterocycles. The van der Waals surface area contributed by atoms with Crippen molar-refractivity contribution < 1.29 is 14.7 Å². The molecule has 0 aromatic rings. The molecule has 0 spiro atoms. The summed E-state index contributed by atoms with van der Waals surface area (Å²) in [5, 5.41) is 7.42. The van der Waals surface area contributed by atoms with Crippen molar-refractivity contribution in [2.75, 3.05) is 0 Å². The summed E-state index contributed by atoms with van der Waals surface area (Å²) in [5.74, 6) is -0.833. The number of carbonyl (C=O) groups is 1. The summed E-state index contributed by atoms with van der Waals surface area (Å²) in [7, 11) is -0.812. The second-order valence-corrected chi connectivity index (χ2v) is 1.93. The van der Waals surface area contributed by atoms with E-state index in [1.165, 1.54) is 0 Å². The normalized spacial score (nSPS) is 7.75. The third-order valence-corrected chi connectivity index (χ3v) is 0.387. The molecule has 0 aliphatic rings. The molecular weight excluding hydrogens is 124 g/mol. The maximum absolute atomic E-state index is 9.00. The molecule has 0 aromatic carbocycles. The molecule has 0 aromatic heterocycles. The number of rotatable bonds is 1. The van der Waals surface area contributed by atoms with E-state index in [-0.39, 0.29) is 0 Å². The zero-order chi connectivity index (χ0) is 6.99. The molecule has 0 radical (unpaired) electrons. The lowest BCUT2D eigenvalue weighted by atomic mass is 10.9. The molecule has 0 bridgehead atoms. The van der Waals surface area contributed by atoms with E-state index in [2.05, 4.69) is 6.58 Å². The molecule has 0 unspecified atom stereocenters. The van der Waals surface area contributed by atoms with Crippen molar-refractivity contribution in [1.82, 2.24) is 0 Å². The molecular formula is C4H10O3Si.